The standard InChI is InChI=1S/C6H6N2OS/c1-4(9)6-2-5(3-7)8-10-6/h2,4,9H,1H3. The Kier molecular flexibility index (Phi) is 2.00. The highest BCUT2D eigenvalue weighted by Crippen LogP contribution is 2.17. The van der Waals surface area contributed by atoms with E-state index in [9.17, 15) is 0 Å². The summed E-state index contributed by atoms with van der Waals surface area (Å²) in [4.78, 5) is 0.733. The molecule has 0 saturated heterocycles. The van der Waals surface area contributed by atoms with Gasteiger partial charge in [0.1, 0.15) is 6.07 Å². The van der Waals surface area contributed by atoms with Crippen LogP contribution in [0.25, 0.3) is 0 Å². The summed E-state index contributed by atoms with van der Waals surface area (Å²) in [7, 11) is 0. The second-order valence-electron chi connectivity index (χ2n) is 1.90. The van der Waals surface area contributed by atoms with Gasteiger partial charge in [0.25, 0.3) is 0 Å². The van der Waals surface area contributed by atoms with Gasteiger partial charge in [-0.3, -0.25) is 0 Å². The molecule has 1 aromatic rings. The summed E-state index contributed by atoms with van der Waals surface area (Å²) in [6, 6.07) is 3.48. The number of aliphatic hydroxyl groups is 1. The topological polar surface area (TPSA) is 56.9 Å². The van der Waals surface area contributed by atoms with Crippen molar-refractivity contribution in [1.29, 1.82) is 5.26 Å². The van der Waals surface area contributed by atoms with Crippen LogP contribution in [0.4, 0.5) is 0 Å². The number of rotatable bonds is 1. The van der Waals surface area contributed by atoms with Crippen LogP contribution < -0.4 is 0 Å². The molecule has 0 spiro atoms. The third-order valence-electron chi connectivity index (χ3n) is 1.05. The lowest BCUT2D eigenvalue weighted by Crippen LogP contribution is -1.83. The molecule has 0 fully saturated rings. The minimum atomic E-state index is -0.514. The lowest BCUT2D eigenvalue weighted by molar-refractivity contribution is 0.203. The fourth-order valence-corrected chi connectivity index (χ4v) is 1.15. The van der Waals surface area contributed by atoms with Gasteiger partial charge in [0.15, 0.2) is 5.69 Å². The average Bonchev–Trinajstić information content (AvgIpc) is 2.34. The number of hydrogen-bond acceptors (Lipinski definition) is 4. The maximum atomic E-state index is 8.99. The molecule has 0 aliphatic rings. The maximum Gasteiger partial charge on any atom is 0.154 e. The van der Waals surface area contributed by atoms with E-state index in [-0.39, 0.29) is 0 Å². The van der Waals surface area contributed by atoms with Crippen LogP contribution in [0.15, 0.2) is 6.07 Å². The third-order valence-corrected chi connectivity index (χ3v) is 2.01. The van der Waals surface area contributed by atoms with E-state index in [2.05, 4.69) is 4.37 Å². The summed E-state index contributed by atoms with van der Waals surface area (Å²) in [6.07, 6.45) is -0.514. The van der Waals surface area contributed by atoms with E-state index in [1.807, 2.05) is 6.07 Å². The zero-order valence-electron chi connectivity index (χ0n) is 5.40. The van der Waals surface area contributed by atoms with Crippen molar-refractivity contribution in [3.05, 3.63) is 16.6 Å². The number of aromatic nitrogens is 1. The molecular formula is C6H6N2OS. The first-order chi connectivity index (χ1) is 4.74. The first-order valence-electron chi connectivity index (χ1n) is 2.79. The molecule has 0 radical (unpaired) electrons. The Morgan fingerprint density at radius 3 is 2.90 bits per heavy atom. The SMILES string of the molecule is CC(O)c1cc(C#N)ns1. The quantitative estimate of drug-likeness (QED) is 0.658. The monoisotopic (exact) mass is 154 g/mol. The van der Waals surface area contributed by atoms with Crippen molar-refractivity contribution in [2.24, 2.45) is 0 Å². The number of nitrogens with zero attached hydrogens (tertiary/aromatic N) is 2. The van der Waals surface area contributed by atoms with Gasteiger partial charge < -0.3 is 5.11 Å². The van der Waals surface area contributed by atoms with Gasteiger partial charge in [-0.15, -0.1) is 0 Å². The zero-order chi connectivity index (χ0) is 7.56. The molecule has 0 amide bonds. The molecular weight excluding hydrogens is 148 g/mol. The van der Waals surface area contributed by atoms with Gasteiger partial charge in [-0.05, 0) is 24.5 Å². The van der Waals surface area contributed by atoms with Crippen molar-refractivity contribution >= 4 is 11.5 Å². The second-order valence-corrected chi connectivity index (χ2v) is 2.74. The molecule has 1 N–H and O–H groups in total. The molecule has 0 saturated carbocycles. The molecule has 1 heterocycles. The van der Waals surface area contributed by atoms with Crippen LogP contribution in [-0.4, -0.2) is 9.48 Å². The Labute approximate surface area is 62.7 Å². The second kappa shape index (κ2) is 2.78. The Morgan fingerprint density at radius 2 is 2.60 bits per heavy atom. The average molecular weight is 154 g/mol. The Morgan fingerprint density at radius 1 is 1.90 bits per heavy atom. The molecule has 0 aliphatic carbocycles. The molecule has 1 unspecified atom stereocenters. The first-order valence-corrected chi connectivity index (χ1v) is 3.56. The maximum absolute atomic E-state index is 8.99. The zero-order valence-corrected chi connectivity index (χ0v) is 6.22. The van der Waals surface area contributed by atoms with Crippen LogP contribution in [0, 0.1) is 11.3 Å². The number of aliphatic hydroxyl groups excluding tert-OH is 1. The lowest BCUT2D eigenvalue weighted by Gasteiger charge is -1.93. The minimum absolute atomic E-state index is 0.376. The largest absolute Gasteiger partial charge is 0.388 e. The molecule has 1 aromatic heterocycles. The summed E-state index contributed by atoms with van der Waals surface area (Å²) >= 11 is 1.16. The molecule has 4 heteroatoms. The van der Waals surface area contributed by atoms with Crippen molar-refractivity contribution in [3.8, 4) is 6.07 Å². The van der Waals surface area contributed by atoms with Gasteiger partial charge in [-0.2, -0.15) is 9.64 Å². The normalized spacial score (nSPS) is 12.5. The van der Waals surface area contributed by atoms with Crippen molar-refractivity contribution in [2.45, 2.75) is 13.0 Å². The number of hydrogen-bond donors (Lipinski definition) is 1. The summed E-state index contributed by atoms with van der Waals surface area (Å²) in [5.41, 5.74) is 0.376. The Hall–Kier alpha value is -0.920. The minimum Gasteiger partial charge on any atom is -0.388 e. The van der Waals surface area contributed by atoms with Crippen LogP contribution in [0.5, 0.6) is 0 Å². The molecule has 1 rings (SSSR count). The third kappa shape index (κ3) is 1.32. The predicted octanol–water partition coefficient (Wildman–Crippen LogP) is 1.07. The Bertz CT molecular complexity index is 261. The summed E-state index contributed by atoms with van der Waals surface area (Å²) < 4.78 is 3.78. The van der Waals surface area contributed by atoms with Gasteiger partial charge in [-0.25, -0.2) is 0 Å². The molecule has 0 aromatic carbocycles. The predicted molar refractivity (Wildman–Crippen MR) is 37.5 cm³/mol. The van der Waals surface area contributed by atoms with E-state index in [4.69, 9.17) is 10.4 Å². The van der Waals surface area contributed by atoms with E-state index in [0.29, 0.717) is 5.69 Å². The van der Waals surface area contributed by atoms with Crippen molar-refractivity contribution in [2.75, 3.05) is 0 Å². The van der Waals surface area contributed by atoms with E-state index < -0.39 is 6.10 Å². The van der Waals surface area contributed by atoms with Crippen LogP contribution in [0.1, 0.15) is 23.6 Å². The summed E-state index contributed by atoms with van der Waals surface area (Å²) in [6.45, 7) is 1.65. The van der Waals surface area contributed by atoms with Crippen molar-refractivity contribution < 1.29 is 5.11 Å². The molecule has 52 valence electrons. The fraction of sp³-hybridized carbons (Fsp3) is 0.333. The molecule has 1 atom stereocenters. The van der Waals surface area contributed by atoms with Crippen LogP contribution in [0.2, 0.25) is 0 Å². The molecule has 10 heavy (non-hydrogen) atoms. The van der Waals surface area contributed by atoms with E-state index in [1.54, 1.807) is 13.0 Å². The van der Waals surface area contributed by atoms with Crippen LogP contribution >= 0.6 is 11.5 Å². The first kappa shape index (κ1) is 7.19. The lowest BCUT2D eigenvalue weighted by atomic mass is 10.3. The van der Waals surface area contributed by atoms with Gasteiger partial charge in [-0.1, -0.05) is 0 Å². The molecule has 3 nitrogen and oxygen atoms in total. The van der Waals surface area contributed by atoms with E-state index >= 15 is 0 Å². The highest BCUT2D eigenvalue weighted by atomic mass is 32.1. The summed E-state index contributed by atoms with van der Waals surface area (Å²) in [5, 5.41) is 17.3. The highest BCUT2D eigenvalue weighted by molar-refractivity contribution is 7.05. The molecule has 0 bridgehead atoms. The van der Waals surface area contributed by atoms with Crippen LogP contribution in [-0.2, 0) is 0 Å². The smallest absolute Gasteiger partial charge is 0.154 e. The fourth-order valence-electron chi connectivity index (χ4n) is 0.539. The number of nitriles is 1. The van der Waals surface area contributed by atoms with Crippen LogP contribution in [0.3, 0.4) is 0 Å². The van der Waals surface area contributed by atoms with Crippen molar-refractivity contribution in [3.63, 3.8) is 0 Å². The van der Waals surface area contributed by atoms with E-state index in [1.165, 1.54) is 0 Å². The van der Waals surface area contributed by atoms with Crippen molar-refractivity contribution in [1.82, 2.24) is 4.37 Å². The summed E-state index contributed by atoms with van der Waals surface area (Å²) in [5.74, 6) is 0. The van der Waals surface area contributed by atoms with Gasteiger partial charge in [0, 0.05) is 0 Å². The molecule has 0 aliphatic heterocycles. The highest BCUT2D eigenvalue weighted by Gasteiger charge is 2.04. The van der Waals surface area contributed by atoms with E-state index in [0.717, 1.165) is 16.4 Å². The van der Waals surface area contributed by atoms with Gasteiger partial charge >= 0.3 is 0 Å². The van der Waals surface area contributed by atoms with Gasteiger partial charge in [0.2, 0.25) is 0 Å². The van der Waals surface area contributed by atoms with Gasteiger partial charge in [0.05, 0.1) is 11.0 Å². The Balaban J connectivity index is 2.91.